The van der Waals surface area contributed by atoms with E-state index in [1.54, 1.807) is 7.11 Å². The van der Waals surface area contributed by atoms with Crippen molar-refractivity contribution < 1.29 is 4.74 Å². The fourth-order valence-electron chi connectivity index (χ4n) is 2.21. The van der Waals surface area contributed by atoms with E-state index in [-0.39, 0.29) is 5.56 Å². The number of H-pyrrole nitrogens is 1. The number of aromatic amines is 1. The topological polar surface area (TPSA) is 55.0 Å². The number of ether oxygens (including phenoxy) is 1. The number of aromatic nitrogens is 2. The summed E-state index contributed by atoms with van der Waals surface area (Å²) in [5.41, 5.74) is 2.02. The van der Waals surface area contributed by atoms with Crippen LogP contribution in [0.1, 0.15) is 35.8 Å². The van der Waals surface area contributed by atoms with Gasteiger partial charge in [0.15, 0.2) is 0 Å². The summed E-state index contributed by atoms with van der Waals surface area (Å²) in [6.07, 6.45) is 2.90. The highest BCUT2D eigenvalue weighted by Gasteiger charge is 2.28. The molecule has 0 unspecified atom stereocenters. The second-order valence-electron chi connectivity index (χ2n) is 5.01. The van der Waals surface area contributed by atoms with Gasteiger partial charge in [-0.15, -0.1) is 0 Å². The third-order valence-corrected chi connectivity index (χ3v) is 4.45. The van der Waals surface area contributed by atoms with Crippen LogP contribution in [0.5, 0.6) is 5.75 Å². The van der Waals surface area contributed by atoms with Crippen molar-refractivity contribution in [1.29, 1.82) is 0 Å². The van der Waals surface area contributed by atoms with Gasteiger partial charge in [0, 0.05) is 12.3 Å². The van der Waals surface area contributed by atoms with E-state index in [9.17, 15) is 4.79 Å². The van der Waals surface area contributed by atoms with Gasteiger partial charge in [-0.1, -0.05) is 12.1 Å². The van der Waals surface area contributed by atoms with Gasteiger partial charge < -0.3 is 9.72 Å². The lowest BCUT2D eigenvalue weighted by atomic mass is 10.1. The van der Waals surface area contributed by atoms with Gasteiger partial charge in [0.2, 0.25) is 0 Å². The molecule has 1 aliphatic rings. The predicted molar refractivity (Wildman–Crippen MR) is 85.3 cm³/mol. The van der Waals surface area contributed by atoms with Crippen molar-refractivity contribution in [3.05, 3.63) is 55.3 Å². The van der Waals surface area contributed by atoms with E-state index >= 15 is 0 Å². The van der Waals surface area contributed by atoms with Crippen LogP contribution in [0.25, 0.3) is 0 Å². The van der Waals surface area contributed by atoms with E-state index in [0.29, 0.717) is 12.3 Å². The van der Waals surface area contributed by atoms with E-state index in [4.69, 9.17) is 4.74 Å². The maximum Gasteiger partial charge on any atom is 0.264 e. The smallest absolute Gasteiger partial charge is 0.264 e. The molecule has 1 heterocycles. The number of hydrogen-bond donors (Lipinski definition) is 1. The first-order chi connectivity index (χ1) is 9.67. The van der Waals surface area contributed by atoms with Gasteiger partial charge >= 0.3 is 0 Å². The lowest BCUT2D eigenvalue weighted by Crippen LogP contribution is -2.18. The predicted octanol–water partition coefficient (Wildman–Crippen LogP) is 2.85. The molecule has 5 heteroatoms. The fraction of sp³-hybridized carbons (Fsp3) is 0.333. The van der Waals surface area contributed by atoms with Gasteiger partial charge in [-0.05, 0) is 53.1 Å². The van der Waals surface area contributed by atoms with Crippen molar-refractivity contribution in [2.24, 2.45) is 0 Å². The standard InChI is InChI=1S/C15H15IN2O2/c1-20-11-4-2-3-9(7-11)8-12-17-14(10-5-6-10)13(16)15(19)18-12/h2-4,7,10H,5-6,8H2,1H3,(H,17,18,19). The molecule has 4 nitrogen and oxygen atoms in total. The van der Waals surface area contributed by atoms with Crippen molar-refractivity contribution in [1.82, 2.24) is 9.97 Å². The second-order valence-corrected chi connectivity index (χ2v) is 6.09. The number of hydrogen-bond acceptors (Lipinski definition) is 3. The van der Waals surface area contributed by atoms with Crippen LogP contribution >= 0.6 is 22.6 Å². The third-order valence-electron chi connectivity index (χ3n) is 3.41. The van der Waals surface area contributed by atoms with E-state index in [1.807, 2.05) is 24.3 Å². The molecule has 1 N–H and O–H groups in total. The molecule has 1 aliphatic carbocycles. The number of nitrogens with one attached hydrogen (secondary N) is 1. The van der Waals surface area contributed by atoms with Crippen LogP contribution < -0.4 is 10.3 Å². The molecule has 0 bridgehead atoms. The molecule has 104 valence electrons. The highest BCUT2D eigenvalue weighted by Crippen LogP contribution is 2.40. The number of nitrogens with zero attached hydrogens (tertiary/aromatic N) is 1. The van der Waals surface area contributed by atoms with E-state index in [2.05, 4.69) is 32.6 Å². The van der Waals surface area contributed by atoms with Crippen LogP contribution in [0.2, 0.25) is 0 Å². The Balaban J connectivity index is 1.92. The zero-order valence-electron chi connectivity index (χ0n) is 11.1. The van der Waals surface area contributed by atoms with E-state index < -0.39 is 0 Å². The Labute approximate surface area is 130 Å². The molecule has 0 radical (unpaired) electrons. The molecule has 0 saturated heterocycles. The average Bonchev–Trinajstić information content (AvgIpc) is 3.27. The SMILES string of the molecule is COc1cccc(Cc2nc(C3CC3)c(I)c(=O)[nH]2)c1. The van der Waals surface area contributed by atoms with Gasteiger partial charge in [-0.25, -0.2) is 4.98 Å². The van der Waals surface area contributed by atoms with Gasteiger partial charge in [0.1, 0.15) is 11.6 Å². The zero-order valence-corrected chi connectivity index (χ0v) is 13.3. The summed E-state index contributed by atoms with van der Waals surface area (Å²) in [4.78, 5) is 19.5. The molecular formula is C15H15IN2O2. The van der Waals surface area contributed by atoms with Crippen LogP contribution in [-0.4, -0.2) is 17.1 Å². The quantitative estimate of drug-likeness (QED) is 0.828. The highest BCUT2D eigenvalue weighted by molar-refractivity contribution is 14.1. The molecule has 1 fully saturated rings. The number of methoxy groups -OCH3 is 1. The summed E-state index contributed by atoms with van der Waals surface area (Å²) in [5, 5.41) is 0. The normalized spacial score (nSPS) is 14.3. The molecule has 3 rings (SSSR count). The van der Waals surface area contributed by atoms with Crippen molar-refractivity contribution in [2.45, 2.75) is 25.2 Å². The molecule has 0 aliphatic heterocycles. The summed E-state index contributed by atoms with van der Waals surface area (Å²) >= 11 is 2.09. The molecule has 1 aromatic heterocycles. The minimum absolute atomic E-state index is 0.0274. The molecule has 2 aromatic rings. The molecule has 1 aromatic carbocycles. The summed E-state index contributed by atoms with van der Waals surface area (Å²) in [6, 6.07) is 7.83. The summed E-state index contributed by atoms with van der Waals surface area (Å²) in [5.74, 6) is 2.02. The number of rotatable bonds is 4. The molecule has 20 heavy (non-hydrogen) atoms. The Bertz CT molecular complexity index is 693. The largest absolute Gasteiger partial charge is 0.497 e. The zero-order chi connectivity index (χ0) is 14.1. The third kappa shape index (κ3) is 2.87. The number of halogens is 1. The fourth-order valence-corrected chi connectivity index (χ4v) is 2.91. The Morgan fingerprint density at radius 3 is 2.95 bits per heavy atom. The second kappa shape index (κ2) is 5.55. The Kier molecular flexibility index (Phi) is 3.78. The first-order valence-corrected chi connectivity index (χ1v) is 7.67. The first-order valence-electron chi connectivity index (χ1n) is 6.59. The molecule has 0 spiro atoms. The minimum Gasteiger partial charge on any atom is -0.497 e. The Hall–Kier alpha value is -1.37. The van der Waals surface area contributed by atoms with Crippen molar-refractivity contribution in [3.63, 3.8) is 0 Å². The lowest BCUT2D eigenvalue weighted by Gasteiger charge is -2.07. The average molecular weight is 382 g/mol. The lowest BCUT2D eigenvalue weighted by molar-refractivity contribution is 0.414. The van der Waals surface area contributed by atoms with Crippen molar-refractivity contribution in [3.8, 4) is 5.75 Å². The highest BCUT2D eigenvalue weighted by atomic mass is 127. The summed E-state index contributed by atoms with van der Waals surface area (Å²) < 4.78 is 5.95. The molecular weight excluding hydrogens is 367 g/mol. The van der Waals surface area contributed by atoms with Crippen LogP contribution in [0.3, 0.4) is 0 Å². The number of benzene rings is 1. The summed E-state index contributed by atoms with van der Waals surface area (Å²) in [7, 11) is 1.65. The molecule has 1 saturated carbocycles. The van der Waals surface area contributed by atoms with Crippen LogP contribution in [0.15, 0.2) is 29.1 Å². The van der Waals surface area contributed by atoms with Crippen LogP contribution in [0, 0.1) is 3.57 Å². The van der Waals surface area contributed by atoms with Gasteiger partial charge in [0.25, 0.3) is 5.56 Å². The van der Waals surface area contributed by atoms with E-state index in [1.165, 1.54) is 0 Å². The minimum atomic E-state index is -0.0274. The molecule has 0 atom stereocenters. The van der Waals surface area contributed by atoms with Gasteiger partial charge in [-0.3, -0.25) is 4.79 Å². The monoisotopic (exact) mass is 382 g/mol. The maximum absolute atomic E-state index is 12.0. The summed E-state index contributed by atoms with van der Waals surface area (Å²) in [6.45, 7) is 0. The maximum atomic E-state index is 12.0. The van der Waals surface area contributed by atoms with Crippen LogP contribution in [-0.2, 0) is 6.42 Å². The van der Waals surface area contributed by atoms with Gasteiger partial charge in [-0.2, -0.15) is 0 Å². The van der Waals surface area contributed by atoms with Gasteiger partial charge in [0.05, 0.1) is 16.4 Å². The van der Waals surface area contributed by atoms with Crippen molar-refractivity contribution in [2.75, 3.05) is 7.11 Å². The Morgan fingerprint density at radius 1 is 1.45 bits per heavy atom. The van der Waals surface area contributed by atoms with E-state index in [0.717, 1.165) is 39.2 Å². The molecule has 0 amide bonds. The van der Waals surface area contributed by atoms with Crippen molar-refractivity contribution >= 4 is 22.6 Å². The van der Waals surface area contributed by atoms with Crippen LogP contribution in [0.4, 0.5) is 0 Å². The Morgan fingerprint density at radius 2 is 2.25 bits per heavy atom. The first kappa shape index (κ1) is 13.6.